The molecule has 2 fully saturated rings. The van der Waals surface area contributed by atoms with E-state index in [4.69, 9.17) is 0 Å². The second kappa shape index (κ2) is 5.73. The molecule has 1 atom stereocenters. The quantitative estimate of drug-likeness (QED) is 0.942. The zero-order valence-corrected chi connectivity index (χ0v) is 13.6. The van der Waals surface area contributed by atoms with Crippen LogP contribution >= 0.6 is 0 Å². The van der Waals surface area contributed by atoms with Gasteiger partial charge in [0.15, 0.2) is 0 Å². The van der Waals surface area contributed by atoms with E-state index < -0.39 is 0 Å². The molecule has 2 saturated heterocycles. The molecule has 0 amide bonds. The topological polar surface area (TPSA) is 35.2 Å². The monoisotopic (exact) mass is 314 g/mol. The van der Waals surface area contributed by atoms with Crippen molar-refractivity contribution in [1.29, 1.82) is 0 Å². The zero-order valence-electron chi connectivity index (χ0n) is 13.6. The molecular formula is C18H23FN4. The molecule has 0 unspecified atom stereocenters. The van der Waals surface area contributed by atoms with Gasteiger partial charge in [-0.1, -0.05) is 12.1 Å². The predicted molar refractivity (Wildman–Crippen MR) is 87.4 cm³/mol. The van der Waals surface area contributed by atoms with Gasteiger partial charge >= 0.3 is 0 Å². The van der Waals surface area contributed by atoms with Crippen LogP contribution in [-0.4, -0.2) is 44.9 Å². The molecule has 5 heteroatoms. The van der Waals surface area contributed by atoms with Crippen molar-refractivity contribution in [2.24, 2.45) is 0 Å². The molecule has 1 aromatic heterocycles. The van der Waals surface area contributed by atoms with Crippen LogP contribution in [0.15, 0.2) is 30.6 Å². The van der Waals surface area contributed by atoms with Gasteiger partial charge in [0.25, 0.3) is 0 Å². The zero-order chi connectivity index (χ0) is 15.9. The van der Waals surface area contributed by atoms with E-state index in [1.165, 1.54) is 24.1 Å². The molecule has 2 aliphatic heterocycles. The van der Waals surface area contributed by atoms with Crippen LogP contribution in [0.4, 0.5) is 4.39 Å². The van der Waals surface area contributed by atoms with Crippen molar-refractivity contribution in [3.8, 4) is 0 Å². The fourth-order valence-corrected chi connectivity index (χ4v) is 3.94. The van der Waals surface area contributed by atoms with Gasteiger partial charge in [0.05, 0.1) is 12.0 Å². The normalized spacial score (nSPS) is 25.1. The van der Waals surface area contributed by atoms with Crippen LogP contribution in [0.25, 0.3) is 0 Å². The number of benzene rings is 1. The average Bonchev–Trinajstić information content (AvgIpc) is 3.15. The maximum Gasteiger partial charge on any atom is 0.123 e. The summed E-state index contributed by atoms with van der Waals surface area (Å²) < 4.78 is 13.0. The molecule has 0 aliphatic carbocycles. The molecule has 23 heavy (non-hydrogen) atoms. The van der Waals surface area contributed by atoms with Gasteiger partial charge in [-0.05, 0) is 37.5 Å². The first kappa shape index (κ1) is 14.8. The average molecular weight is 314 g/mol. The summed E-state index contributed by atoms with van der Waals surface area (Å²) in [7, 11) is 0. The van der Waals surface area contributed by atoms with Crippen molar-refractivity contribution in [3.05, 3.63) is 53.4 Å². The van der Waals surface area contributed by atoms with Crippen molar-refractivity contribution in [3.63, 3.8) is 0 Å². The molecule has 0 saturated carbocycles. The van der Waals surface area contributed by atoms with Gasteiger partial charge in [-0.3, -0.25) is 9.80 Å². The van der Waals surface area contributed by atoms with Crippen molar-refractivity contribution in [1.82, 2.24) is 19.8 Å². The highest BCUT2D eigenvalue weighted by molar-refractivity contribution is 5.18. The number of aryl methyl sites for hydroxylation is 1. The Labute approximate surface area is 136 Å². The third-order valence-electron chi connectivity index (χ3n) is 5.52. The molecular weight excluding hydrogens is 291 g/mol. The van der Waals surface area contributed by atoms with E-state index in [1.807, 2.05) is 12.1 Å². The van der Waals surface area contributed by atoms with Crippen molar-refractivity contribution in [2.45, 2.75) is 38.4 Å². The van der Waals surface area contributed by atoms with E-state index in [0.717, 1.165) is 38.4 Å². The van der Waals surface area contributed by atoms with Crippen molar-refractivity contribution < 1.29 is 4.39 Å². The Bertz CT molecular complexity index is 681. The van der Waals surface area contributed by atoms with Gasteiger partial charge in [0.1, 0.15) is 5.82 Å². The minimum absolute atomic E-state index is 0.159. The van der Waals surface area contributed by atoms with Gasteiger partial charge in [0.2, 0.25) is 0 Å². The van der Waals surface area contributed by atoms with E-state index in [2.05, 4.69) is 26.7 Å². The van der Waals surface area contributed by atoms with Gasteiger partial charge in [-0.15, -0.1) is 0 Å². The molecule has 3 heterocycles. The lowest BCUT2D eigenvalue weighted by Crippen LogP contribution is -2.60. The van der Waals surface area contributed by atoms with Crippen LogP contribution < -0.4 is 0 Å². The Morgan fingerprint density at radius 3 is 2.61 bits per heavy atom. The Hall–Kier alpha value is -1.72. The van der Waals surface area contributed by atoms with Crippen LogP contribution in [0.2, 0.25) is 0 Å². The SMILES string of the molecule is Cc1[nH]cnc1CN1CC[C@@]2(CCN2Cc2ccc(F)cc2)C1. The standard InChI is InChI=1S/C18H23FN4/c1-14-17(21-13-20-14)11-22-8-6-18(12-22)7-9-23(18)10-15-2-4-16(19)5-3-15/h2-5,13H,6-12H2,1H3,(H,20,21)/t18-/m1/s1. The van der Waals surface area contributed by atoms with Crippen LogP contribution in [0, 0.1) is 12.7 Å². The van der Waals surface area contributed by atoms with E-state index in [1.54, 1.807) is 18.5 Å². The predicted octanol–water partition coefficient (Wildman–Crippen LogP) is 2.71. The van der Waals surface area contributed by atoms with Crippen LogP contribution in [0.5, 0.6) is 0 Å². The summed E-state index contributed by atoms with van der Waals surface area (Å²) in [5.41, 5.74) is 3.85. The number of imidazole rings is 1. The minimum Gasteiger partial charge on any atom is -0.348 e. The fraction of sp³-hybridized carbons (Fsp3) is 0.500. The van der Waals surface area contributed by atoms with Crippen LogP contribution in [-0.2, 0) is 13.1 Å². The van der Waals surface area contributed by atoms with Gasteiger partial charge in [-0.25, -0.2) is 9.37 Å². The summed E-state index contributed by atoms with van der Waals surface area (Å²) >= 11 is 0. The van der Waals surface area contributed by atoms with Gasteiger partial charge in [0, 0.05) is 44.0 Å². The maximum absolute atomic E-state index is 13.0. The Morgan fingerprint density at radius 1 is 1.17 bits per heavy atom. The van der Waals surface area contributed by atoms with Crippen molar-refractivity contribution >= 4 is 0 Å². The third kappa shape index (κ3) is 2.79. The van der Waals surface area contributed by atoms with E-state index in [9.17, 15) is 4.39 Å². The molecule has 122 valence electrons. The first-order chi connectivity index (χ1) is 11.1. The number of nitrogens with zero attached hydrogens (tertiary/aromatic N) is 3. The third-order valence-corrected chi connectivity index (χ3v) is 5.52. The number of hydrogen-bond acceptors (Lipinski definition) is 3. The van der Waals surface area contributed by atoms with E-state index >= 15 is 0 Å². The maximum atomic E-state index is 13.0. The molecule has 0 bridgehead atoms. The highest BCUT2D eigenvalue weighted by Gasteiger charge is 2.48. The summed E-state index contributed by atoms with van der Waals surface area (Å²) in [6.07, 6.45) is 4.27. The number of nitrogens with one attached hydrogen (secondary N) is 1. The van der Waals surface area contributed by atoms with E-state index in [0.29, 0.717) is 5.54 Å². The lowest BCUT2D eigenvalue weighted by atomic mass is 9.83. The van der Waals surface area contributed by atoms with Crippen LogP contribution in [0.1, 0.15) is 29.8 Å². The number of halogens is 1. The largest absolute Gasteiger partial charge is 0.348 e. The van der Waals surface area contributed by atoms with Crippen LogP contribution in [0.3, 0.4) is 0 Å². The molecule has 4 rings (SSSR count). The summed E-state index contributed by atoms with van der Waals surface area (Å²) in [5.74, 6) is -0.159. The second-order valence-corrected chi connectivity index (χ2v) is 6.96. The summed E-state index contributed by atoms with van der Waals surface area (Å²) in [6.45, 7) is 7.33. The van der Waals surface area contributed by atoms with E-state index in [-0.39, 0.29) is 5.82 Å². The molecule has 1 spiro atoms. The summed E-state index contributed by atoms with van der Waals surface area (Å²) in [4.78, 5) is 12.7. The number of aromatic nitrogens is 2. The number of likely N-dealkylation sites (tertiary alicyclic amines) is 2. The molecule has 1 N–H and O–H groups in total. The smallest absolute Gasteiger partial charge is 0.123 e. The minimum atomic E-state index is -0.159. The Morgan fingerprint density at radius 2 is 1.96 bits per heavy atom. The molecule has 0 radical (unpaired) electrons. The number of hydrogen-bond donors (Lipinski definition) is 1. The highest BCUT2D eigenvalue weighted by atomic mass is 19.1. The molecule has 2 aromatic rings. The number of aromatic amines is 1. The van der Waals surface area contributed by atoms with Gasteiger partial charge in [-0.2, -0.15) is 0 Å². The molecule has 4 nitrogen and oxygen atoms in total. The highest BCUT2D eigenvalue weighted by Crippen LogP contribution is 2.40. The lowest BCUT2D eigenvalue weighted by molar-refractivity contribution is -0.0146. The second-order valence-electron chi connectivity index (χ2n) is 6.96. The van der Waals surface area contributed by atoms with Crippen molar-refractivity contribution in [2.75, 3.05) is 19.6 Å². The Balaban J connectivity index is 1.39. The lowest BCUT2D eigenvalue weighted by Gasteiger charge is -2.51. The Kier molecular flexibility index (Phi) is 3.70. The first-order valence-corrected chi connectivity index (χ1v) is 8.35. The first-order valence-electron chi connectivity index (χ1n) is 8.35. The van der Waals surface area contributed by atoms with Gasteiger partial charge < -0.3 is 4.98 Å². The molecule has 1 aromatic carbocycles. The molecule has 2 aliphatic rings. The fourth-order valence-electron chi connectivity index (χ4n) is 3.94. The summed E-state index contributed by atoms with van der Waals surface area (Å²) in [5, 5.41) is 0. The number of H-pyrrole nitrogens is 1. The summed E-state index contributed by atoms with van der Waals surface area (Å²) in [6, 6.07) is 6.93. The number of rotatable bonds is 4.